The monoisotopic (exact) mass is 280 g/mol. The van der Waals surface area contributed by atoms with Crippen molar-refractivity contribution in [2.75, 3.05) is 6.61 Å². The van der Waals surface area contributed by atoms with Crippen LogP contribution in [0.15, 0.2) is 66.7 Å². The van der Waals surface area contributed by atoms with Crippen LogP contribution in [0.3, 0.4) is 0 Å². The van der Waals surface area contributed by atoms with E-state index in [-0.39, 0.29) is 5.97 Å². The van der Waals surface area contributed by atoms with Crippen molar-refractivity contribution in [1.82, 2.24) is 0 Å². The number of rotatable bonds is 6. The summed E-state index contributed by atoms with van der Waals surface area (Å²) in [5.41, 5.74) is 4.19. The fraction of sp³-hybridized carbons (Fsp3) is 0.211. The van der Waals surface area contributed by atoms with Crippen molar-refractivity contribution in [2.24, 2.45) is 0 Å². The summed E-state index contributed by atoms with van der Waals surface area (Å²) in [6.07, 6.45) is 1.66. The molecule has 0 aliphatic carbocycles. The molecule has 2 nitrogen and oxygen atoms in total. The molecule has 0 saturated carbocycles. The van der Waals surface area contributed by atoms with Gasteiger partial charge in [-0.2, -0.15) is 0 Å². The molecular weight excluding hydrogens is 260 g/mol. The number of hydrogen-bond acceptors (Lipinski definition) is 2. The Bertz CT molecular complexity index is 597. The Hall–Kier alpha value is -2.35. The molecule has 0 fully saturated rings. The van der Waals surface area contributed by atoms with E-state index in [1.54, 1.807) is 6.92 Å². The summed E-state index contributed by atoms with van der Waals surface area (Å²) < 4.78 is 5.09. The SMILES string of the molecule is C=C(C)C(=O)OCCc1ccc(Cc2ccccc2)cc1. The van der Waals surface area contributed by atoms with Crippen molar-refractivity contribution < 1.29 is 9.53 Å². The Kier molecular flexibility index (Phi) is 5.33. The van der Waals surface area contributed by atoms with Crippen LogP contribution in [0.25, 0.3) is 0 Å². The minimum atomic E-state index is -0.323. The van der Waals surface area contributed by atoms with Crippen LogP contribution in [0.4, 0.5) is 0 Å². The van der Waals surface area contributed by atoms with Crippen molar-refractivity contribution >= 4 is 5.97 Å². The van der Waals surface area contributed by atoms with Gasteiger partial charge in [0.15, 0.2) is 0 Å². The van der Waals surface area contributed by atoms with E-state index >= 15 is 0 Å². The molecule has 0 bridgehead atoms. The molecular formula is C19H20O2. The molecule has 0 unspecified atom stereocenters. The Morgan fingerprint density at radius 1 is 0.952 bits per heavy atom. The highest BCUT2D eigenvalue weighted by molar-refractivity contribution is 5.86. The largest absolute Gasteiger partial charge is 0.462 e. The van der Waals surface area contributed by atoms with E-state index in [1.165, 1.54) is 16.7 Å². The van der Waals surface area contributed by atoms with Crippen LogP contribution in [0.5, 0.6) is 0 Å². The number of hydrogen-bond donors (Lipinski definition) is 0. The van der Waals surface area contributed by atoms with Gasteiger partial charge in [-0.15, -0.1) is 0 Å². The lowest BCUT2D eigenvalue weighted by molar-refractivity contribution is -0.138. The highest BCUT2D eigenvalue weighted by Crippen LogP contribution is 2.11. The second-order valence-corrected chi connectivity index (χ2v) is 5.15. The first-order valence-corrected chi connectivity index (χ1v) is 7.09. The molecule has 108 valence electrons. The first kappa shape index (κ1) is 15.0. The number of carbonyl (C=O) groups excluding carboxylic acids is 1. The molecule has 2 aromatic carbocycles. The van der Waals surface area contributed by atoms with E-state index in [0.717, 1.165) is 12.8 Å². The third kappa shape index (κ3) is 4.92. The van der Waals surface area contributed by atoms with Gasteiger partial charge in [0, 0.05) is 12.0 Å². The van der Waals surface area contributed by atoms with E-state index in [4.69, 9.17) is 4.74 Å². The first-order valence-electron chi connectivity index (χ1n) is 7.09. The molecule has 0 heterocycles. The molecule has 2 rings (SSSR count). The molecule has 0 spiro atoms. The van der Waals surface area contributed by atoms with Crippen LogP contribution in [0, 0.1) is 0 Å². The topological polar surface area (TPSA) is 26.3 Å². The van der Waals surface area contributed by atoms with Gasteiger partial charge in [-0.1, -0.05) is 61.2 Å². The van der Waals surface area contributed by atoms with Gasteiger partial charge in [0.05, 0.1) is 6.61 Å². The second-order valence-electron chi connectivity index (χ2n) is 5.15. The zero-order chi connectivity index (χ0) is 15.1. The summed E-state index contributed by atoms with van der Waals surface area (Å²) in [6.45, 7) is 5.60. The molecule has 0 amide bonds. The maximum Gasteiger partial charge on any atom is 0.333 e. The Labute approximate surface area is 126 Å². The van der Waals surface area contributed by atoms with Gasteiger partial charge in [-0.25, -0.2) is 4.79 Å². The standard InChI is InChI=1S/C19H20O2/c1-15(2)19(20)21-13-12-16-8-10-18(11-9-16)14-17-6-4-3-5-7-17/h3-11H,1,12-14H2,2H3. The summed E-state index contributed by atoms with van der Waals surface area (Å²) in [6, 6.07) is 18.8. The van der Waals surface area contributed by atoms with Gasteiger partial charge >= 0.3 is 5.97 Å². The van der Waals surface area contributed by atoms with Crippen LogP contribution < -0.4 is 0 Å². The van der Waals surface area contributed by atoms with Gasteiger partial charge < -0.3 is 4.74 Å². The Morgan fingerprint density at radius 2 is 1.52 bits per heavy atom. The highest BCUT2D eigenvalue weighted by Gasteiger charge is 2.03. The van der Waals surface area contributed by atoms with Gasteiger partial charge in [0.2, 0.25) is 0 Å². The predicted molar refractivity (Wildman–Crippen MR) is 85.2 cm³/mol. The average molecular weight is 280 g/mol. The lowest BCUT2D eigenvalue weighted by Crippen LogP contribution is -2.08. The number of ether oxygens (including phenoxy) is 1. The van der Waals surface area contributed by atoms with Crippen molar-refractivity contribution in [3.8, 4) is 0 Å². The maximum absolute atomic E-state index is 11.3. The van der Waals surface area contributed by atoms with Gasteiger partial charge in [-0.05, 0) is 30.0 Å². The molecule has 2 aromatic rings. The van der Waals surface area contributed by atoms with E-state index in [1.807, 2.05) is 6.07 Å². The third-order valence-electron chi connectivity index (χ3n) is 3.25. The van der Waals surface area contributed by atoms with Crippen LogP contribution in [0.2, 0.25) is 0 Å². The van der Waals surface area contributed by atoms with Crippen molar-refractivity contribution in [3.05, 3.63) is 83.4 Å². The van der Waals surface area contributed by atoms with Crippen LogP contribution in [0.1, 0.15) is 23.6 Å². The Morgan fingerprint density at radius 3 is 2.14 bits per heavy atom. The van der Waals surface area contributed by atoms with Crippen molar-refractivity contribution in [1.29, 1.82) is 0 Å². The molecule has 0 saturated heterocycles. The lowest BCUT2D eigenvalue weighted by atomic mass is 10.0. The molecule has 0 aliphatic heterocycles. The van der Waals surface area contributed by atoms with Gasteiger partial charge in [0.1, 0.15) is 0 Å². The van der Waals surface area contributed by atoms with Crippen molar-refractivity contribution in [2.45, 2.75) is 19.8 Å². The van der Waals surface area contributed by atoms with E-state index in [9.17, 15) is 4.79 Å². The summed E-state index contributed by atoms with van der Waals surface area (Å²) in [5, 5.41) is 0. The normalized spacial score (nSPS) is 10.1. The van der Waals surface area contributed by atoms with Gasteiger partial charge in [-0.3, -0.25) is 0 Å². The molecule has 21 heavy (non-hydrogen) atoms. The molecule has 2 heteroatoms. The van der Waals surface area contributed by atoms with Crippen LogP contribution in [-0.4, -0.2) is 12.6 Å². The number of esters is 1. The number of carbonyl (C=O) groups is 1. The van der Waals surface area contributed by atoms with E-state index in [0.29, 0.717) is 12.2 Å². The van der Waals surface area contributed by atoms with Crippen molar-refractivity contribution in [3.63, 3.8) is 0 Å². The fourth-order valence-electron chi connectivity index (χ4n) is 2.04. The molecule has 0 aromatic heterocycles. The fourth-order valence-corrected chi connectivity index (χ4v) is 2.04. The molecule has 0 atom stereocenters. The highest BCUT2D eigenvalue weighted by atomic mass is 16.5. The smallest absolute Gasteiger partial charge is 0.333 e. The quantitative estimate of drug-likeness (QED) is 0.592. The second kappa shape index (κ2) is 7.44. The zero-order valence-corrected chi connectivity index (χ0v) is 12.3. The first-order chi connectivity index (χ1) is 10.1. The van der Waals surface area contributed by atoms with E-state index in [2.05, 4.69) is 55.1 Å². The lowest BCUT2D eigenvalue weighted by Gasteiger charge is -2.06. The molecule has 0 N–H and O–H groups in total. The number of benzene rings is 2. The van der Waals surface area contributed by atoms with Gasteiger partial charge in [0.25, 0.3) is 0 Å². The third-order valence-corrected chi connectivity index (χ3v) is 3.25. The maximum atomic E-state index is 11.3. The minimum Gasteiger partial charge on any atom is -0.462 e. The van der Waals surface area contributed by atoms with Crippen LogP contribution >= 0.6 is 0 Å². The van der Waals surface area contributed by atoms with E-state index < -0.39 is 0 Å². The summed E-state index contributed by atoms with van der Waals surface area (Å²) in [5.74, 6) is -0.323. The predicted octanol–water partition coefficient (Wildman–Crippen LogP) is 3.94. The summed E-state index contributed by atoms with van der Waals surface area (Å²) in [4.78, 5) is 11.3. The average Bonchev–Trinajstić information content (AvgIpc) is 2.50. The molecule has 0 radical (unpaired) electrons. The summed E-state index contributed by atoms with van der Waals surface area (Å²) >= 11 is 0. The molecule has 0 aliphatic rings. The summed E-state index contributed by atoms with van der Waals surface area (Å²) in [7, 11) is 0. The van der Waals surface area contributed by atoms with Crippen LogP contribution in [-0.2, 0) is 22.4 Å². The minimum absolute atomic E-state index is 0.323. The Balaban J connectivity index is 1.85. The zero-order valence-electron chi connectivity index (χ0n) is 12.3.